The SMILES string of the molecule is C=C(C1=CCOC1CC/C(=C/c1cccc(O)c1)c1ccccc1)C(C)C. The Morgan fingerprint density at radius 2 is 1.96 bits per heavy atom. The van der Waals surface area contributed by atoms with Gasteiger partial charge in [-0.15, -0.1) is 0 Å². The number of hydrogen-bond donors (Lipinski definition) is 1. The number of rotatable bonds is 7. The average molecular weight is 360 g/mol. The average Bonchev–Trinajstić information content (AvgIpc) is 3.13. The minimum Gasteiger partial charge on any atom is -0.508 e. The first-order chi connectivity index (χ1) is 13.0. The number of aromatic hydroxyl groups is 1. The van der Waals surface area contributed by atoms with Crippen molar-refractivity contribution in [1.29, 1.82) is 0 Å². The largest absolute Gasteiger partial charge is 0.508 e. The normalized spacial score (nSPS) is 17.2. The van der Waals surface area contributed by atoms with Gasteiger partial charge in [-0.1, -0.05) is 75.0 Å². The highest BCUT2D eigenvalue weighted by Gasteiger charge is 2.23. The molecule has 1 aliphatic rings. The molecule has 2 nitrogen and oxygen atoms in total. The monoisotopic (exact) mass is 360 g/mol. The van der Waals surface area contributed by atoms with E-state index in [1.54, 1.807) is 12.1 Å². The summed E-state index contributed by atoms with van der Waals surface area (Å²) in [6, 6.07) is 17.8. The number of phenolic OH excluding ortho intramolecular Hbond substituents is 1. The zero-order valence-electron chi connectivity index (χ0n) is 16.2. The predicted octanol–water partition coefficient (Wildman–Crippen LogP) is 6.25. The van der Waals surface area contributed by atoms with E-state index >= 15 is 0 Å². The van der Waals surface area contributed by atoms with Crippen LogP contribution in [0, 0.1) is 5.92 Å². The van der Waals surface area contributed by atoms with E-state index in [0.29, 0.717) is 12.5 Å². The van der Waals surface area contributed by atoms with Crippen LogP contribution >= 0.6 is 0 Å². The summed E-state index contributed by atoms with van der Waals surface area (Å²) >= 11 is 0. The summed E-state index contributed by atoms with van der Waals surface area (Å²) in [4.78, 5) is 0. The van der Waals surface area contributed by atoms with Crippen LogP contribution in [-0.4, -0.2) is 17.8 Å². The Morgan fingerprint density at radius 3 is 2.67 bits per heavy atom. The maximum atomic E-state index is 9.78. The van der Waals surface area contributed by atoms with E-state index in [2.05, 4.69) is 56.8 Å². The van der Waals surface area contributed by atoms with Gasteiger partial charge in [-0.25, -0.2) is 0 Å². The number of hydrogen-bond acceptors (Lipinski definition) is 2. The fourth-order valence-corrected chi connectivity index (χ4v) is 3.44. The molecule has 0 radical (unpaired) electrons. The zero-order chi connectivity index (χ0) is 19.2. The van der Waals surface area contributed by atoms with E-state index < -0.39 is 0 Å². The van der Waals surface area contributed by atoms with Crippen molar-refractivity contribution in [3.63, 3.8) is 0 Å². The van der Waals surface area contributed by atoms with Crippen LogP contribution in [0.5, 0.6) is 5.75 Å². The highest BCUT2D eigenvalue weighted by atomic mass is 16.5. The second-order valence-electron chi connectivity index (χ2n) is 7.33. The first-order valence-corrected chi connectivity index (χ1v) is 9.60. The predicted molar refractivity (Wildman–Crippen MR) is 113 cm³/mol. The Kier molecular flexibility index (Phi) is 6.31. The summed E-state index contributed by atoms with van der Waals surface area (Å²) in [6.45, 7) is 9.28. The molecule has 0 saturated carbocycles. The summed E-state index contributed by atoms with van der Waals surface area (Å²) in [6.07, 6.45) is 6.25. The van der Waals surface area contributed by atoms with Crippen molar-refractivity contribution in [1.82, 2.24) is 0 Å². The molecule has 2 aromatic carbocycles. The topological polar surface area (TPSA) is 29.5 Å². The molecule has 0 aliphatic carbocycles. The molecule has 2 aromatic rings. The third-order valence-electron chi connectivity index (χ3n) is 5.05. The number of benzene rings is 2. The number of allylic oxidation sites excluding steroid dienone is 1. The Bertz CT molecular complexity index is 844. The van der Waals surface area contributed by atoms with Gasteiger partial charge in [-0.2, -0.15) is 0 Å². The molecule has 1 atom stereocenters. The lowest BCUT2D eigenvalue weighted by Crippen LogP contribution is -2.13. The fourth-order valence-electron chi connectivity index (χ4n) is 3.44. The fraction of sp³-hybridized carbons (Fsp3) is 0.280. The van der Waals surface area contributed by atoms with Crippen LogP contribution in [0.25, 0.3) is 11.6 Å². The van der Waals surface area contributed by atoms with Crippen LogP contribution in [0.15, 0.2) is 78.4 Å². The van der Waals surface area contributed by atoms with Crippen LogP contribution in [0.1, 0.15) is 37.8 Å². The van der Waals surface area contributed by atoms with E-state index in [9.17, 15) is 5.11 Å². The minimum atomic E-state index is 0.108. The molecular weight excluding hydrogens is 332 g/mol. The van der Waals surface area contributed by atoms with Gasteiger partial charge in [0.25, 0.3) is 0 Å². The molecule has 1 aliphatic heterocycles. The van der Waals surface area contributed by atoms with Crippen LogP contribution in [-0.2, 0) is 4.74 Å². The highest BCUT2D eigenvalue weighted by molar-refractivity contribution is 5.81. The van der Waals surface area contributed by atoms with Gasteiger partial charge in [0.15, 0.2) is 0 Å². The van der Waals surface area contributed by atoms with Crippen molar-refractivity contribution >= 4 is 11.6 Å². The molecule has 2 heteroatoms. The molecule has 1 heterocycles. The van der Waals surface area contributed by atoms with Crippen LogP contribution in [0.2, 0.25) is 0 Å². The third-order valence-corrected chi connectivity index (χ3v) is 5.05. The maximum absolute atomic E-state index is 9.78. The van der Waals surface area contributed by atoms with E-state index in [4.69, 9.17) is 4.74 Å². The number of ether oxygens (including phenoxy) is 1. The zero-order valence-corrected chi connectivity index (χ0v) is 16.2. The Balaban J connectivity index is 1.81. The smallest absolute Gasteiger partial charge is 0.116 e. The molecule has 27 heavy (non-hydrogen) atoms. The van der Waals surface area contributed by atoms with Gasteiger partial charge in [-0.3, -0.25) is 0 Å². The van der Waals surface area contributed by atoms with Crippen LogP contribution in [0.3, 0.4) is 0 Å². The Labute approximate surface area is 162 Å². The molecule has 0 spiro atoms. The molecule has 1 unspecified atom stereocenters. The second kappa shape index (κ2) is 8.88. The molecule has 1 N–H and O–H groups in total. The summed E-state index contributed by atoms with van der Waals surface area (Å²) in [5, 5.41) is 9.78. The first kappa shape index (κ1) is 19.2. The van der Waals surface area contributed by atoms with Gasteiger partial charge in [0.2, 0.25) is 0 Å². The maximum Gasteiger partial charge on any atom is 0.116 e. The van der Waals surface area contributed by atoms with Crippen LogP contribution in [0.4, 0.5) is 0 Å². The van der Waals surface area contributed by atoms with E-state index in [1.807, 2.05) is 18.2 Å². The summed E-state index contributed by atoms with van der Waals surface area (Å²) in [5.41, 5.74) is 5.88. The van der Waals surface area contributed by atoms with E-state index in [1.165, 1.54) is 22.3 Å². The van der Waals surface area contributed by atoms with E-state index in [0.717, 1.165) is 18.4 Å². The standard InChI is InChI=1S/C25H28O2/c1-18(2)19(3)24-14-15-27-25(24)13-12-22(21-9-5-4-6-10-21)16-20-8-7-11-23(26)17-20/h4-11,14,16-18,25-26H,3,12-13,15H2,1-2H3/b22-16-. The second-order valence-corrected chi connectivity index (χ2v) is 7.33. The molecule has 140 valence electrons. The van der Waals surface area contributed by atoms with Gasteiger partial charge in [-0.05, 0) is 58.7 Å². The summed E-state index contributed by atoms with van der Waals surface area (Å²) in [7, 11) is 0. The number of phenols is 1. The van der Waals surface area contributed by atoms with Crippen molar-refractivity contribution in [2.24, 2.45) is 5.92 Å². The highest BCUT2D eigenvalue weighted by Crippen LogP contribution is 2.32. The lowest BCUT2D eigenvalue weighted by atomic mass is 9.89. The molecule has 0 saturated heterocycles. The van der Waals surface area contributed by atoms with Crippen molar-refractivity contribution in [2.45, 2.75) is 32.8 Å². The first-order valence-electron chi connectivity index (χ1n) is 9.60. The molecule has 3 rings (SSSR count). The van der Waals surface area contributed by atoms with E-state index in [-0.39, 0.29) is 11.9 Å². The van der Waals surface area contributed by atoms with Gasteiger partial charge in [0.1, 0.15) is 5.75 Å². The molecule has 0 aromatic heterocycles. The third kappa shape index (κ3) is 4.99. The van der Waals surface area contributed by atoms with Crippen molar-refractivity contribution in [3.8, 4) is 5.75 Å². The van der Waals surface area contributed by atoms with Gasteiger partial charge in [0.05, 0.1) is 12.7 Å². The molecule has 0 fully saturated rings. The molecule has 0 bridgehead atoms. The van der Waals surface area contributed by atoms with Gasteiger partial charge < -0.3 is 9.84 Å². The lowest BCUT2D eigenvalue weighted by molar-refractivity contribution is 0.117. The van der Waals surface area contributed by atoms with Crippen molar-refractivity contribution < 1.29 is 9.84 Å². The summed E-state index contributed by atoms with van der Waals surface area (Å²) in [5.74, 6) is 0.714. The summed E-state index contributed by atoms with van der Waals surface area (Å²) < 4.78 is 5.97. The Morgan fingerprint density at radius 1 is 1.19 bits per heavy atom. The molecule has 0 amide bonds. The van der Waals surface area contributed by atoms with Crippen molar-refractivity contribution in [2.75, 3.05) is 6.61 Å². The van der Waals surface area contributed by atoms with Gasteiger partial charge >= 0.3 is 0 Å². The van der Waals surface area contributed by atoms with Gasteiger partial charge in [0, 0.05) is 0 Å². The van der Waals surface area contributed by atoms with Crippen LogP contribution < -0.4 is 0 Å². The quantitative estimate of drug-likeness (QED) is 0.591. The molecular formula is C25H28O2. The Hall–Kier alpha value is -2.58. The lowest BCUT2D eigenvalue weighted by Gasteiger charge is -2.20. The minimum absolute atomic E-state index is 0.108. The van der Waals surface area contributed by atoms with Crippen molar-refractivity contribution in [3.05, 3.63) is 89.5 Å².